The monoisotopic (exact) mass is 420 g/mol. The molecule has 3 aromatic rings. The third-order valence-electron chi connectivity index (χ3n) is 3.75. The fourth-order valence-corrected chi connectivity index (χ4v) is 3.26. The highest BCUT2D eigenvalue weighted by molar-refractivity contribution is 7.90. The molecule has 0 aliphatic rings. The molecule has 4 nitrogen and oxygen atoms in total. The largest absolute Gasteiger partial charge is 0.435 e. The zero-order valence-electron chi connectivity index (χ0n) is 13.9. The third-order valence-corrected chi connectivity index (χ3v) is 4.86. The standard InChI is InChI=1S/C17H10F6N2O2S/c1-28(26,27)15-7-12(19)11(6-13(15)20)14-8-16(17(21,22)23)24-25(14)10-4-2-3-9(18)5-10/h2-8H,1H3. The molecule has 1 heterocycles. The molecule has 0 unspecified atom stereocenters. The van der Waals surface area contributed by atoms with Crippen molar-refractivity contribution in [1.29, 1.82) is 0 Å². The molecule has 0 bridgehead atoms. The molecule has 0 amide bonds. The van der Waals surface area contributed by atoms with Gasteiger partial charge in [0, 0.05) is 11.8 Å². The van der Waals surface area contributed by atoms with Crippen LogP contribution in [-0.2, 0) is 16.0 Å². The van der Waals surface area contributed by atoms with E-state index in [9.17, 15) is 34.8 Å². The Morgan fingerprint density at radius 2 is 1.64 bits per heavy atom. The van der Waals surface area contributed by atoms with E-state index in [1.54, 1.807) is 0 Å². The minimum Gasteiger partial charge on any atom is -0.232 e. The predicted molar refractivity (Wildman–Crippen MR) is 87.0 cm³/mol. The first kappa shape index (κ1) is 19.9. The molecular formula is C17H10F6N2O2S. The highest BCUT2D eigenvalue weighted by Crippen LogP contribution is 2.35. The molecule has 148 valence electrons. The van der Waals surface area contributed by atoms with Crippen LogP contribution in [0.2, 0.25) is 0 Å². The molecule has 0 saturated heterocycles. The number of alkyl halides is 3. The number of hydrogen-bond donors (Lipinski definition) is 0. The van der Waals surface area contributed by atoms with Gasteiger partial charge >= 0.3 is 6.18 Å². The van der Waals surface area contributed by atoms with E-state index in [1.807, 2.05) is 0 Å². The Kier molecular flexibility index (Phi) is 4.74. The number of hydrogen-bond acceptors (Lipinski definition) is 3. The van der Waals surface area contributed by atoms with Gasteiger partial charge in [-0.05, 0) is 36.4 Å². The maximum absolute atomic E-state index is 14.5. The Morgan fingerprint density at radius 1 is 0.964 bits per heavy atom. The quantitative estimate of drug-likeness (QED) is 0.591. The van der Waals surface area contributed by atoms with Gasteiger partial charge < -0.3 is 0 Å². The number of halogens is 6. The average Bonchev–Trinajstić information content (AvgIpc) is 3.01. The molecule has 0 atom stereocenters. The molecule has 0 N–H and O–H groups in total. The van der Waals surface area contributed by atoms with Crippen LogP contribution in [0.1, 0.15) is 5.69 Å². The molecular weight excluding hydrogens is 410 g/mol. The van der Waals surface area contributed by atoms with Gasteiger partial charge in [-0.3, -0.25) is 0 Å². The van der Waals surface area contributed by atoms with Crippen molar-refractivity contribution in [3.05, 3.63) is 65.6 Å². The maximum Gasteiger partial charge on any atom is 0.435 e. The van der Waals surface area contributed by atoms with Crippen molar-refractivity contribution in [2.45, 2.75) is 11.1 Å². The van der Waals surface area contributed by atoms with E-state index in [-0.39, 0.29) is 5.69 Å². The second-order valence-corrected chi connectivity index (χ2v) is 7.82. The van der Waals surface area contributed by atoms with Gasteiger partial charge in [0.05, 0.1) is 11.4 Å². The van der Waals surface area contributed by atoms with E-state index >= 15 is 0 Å². The molecule has 0 aliphatic heterocycles. The Labute approximate surface area is 155 Å². The predicted octanol–water partition coefficient (Wildman–Crippen LogP) is 4.38. The molecule has 0 aliphatic carbocycles. The highest BCUT2D eigenvalue weighted by Gasteiger charge is 2.36. The smallest absolute Gasteiger partial charge is 0.232 e. The van der Waals surface area contributed by atoms with Gasteiger partial charge in [-0.25, -0.2) is 26.3 Å². The molecule has 0 spiro atoms. The van der Waals surface area contributed by atoms with Crippen LogP contribution in [0.25, 0.3) is 16.9 Å². The first-order chi connectivity index (χ1) is 12.9. The average molecular weight is 420 g/mol. The molecule has 28 heavy (non-hydrogen) atoms. The Bertz CT molecular complexity index is 1170. The third kappa shape index (κ3) is 3.75. The van der Waals surface area contributed by atoms with Crippen molar-refractivity contribution in [2.24, 2.45) is 0 Å². The molecule has 11 heteroatoms. The summed E-state index contributed by atoms with van der Waals surface area (Å²) in [5.74, 6) is -3.42. The SMILES string of the molecule is CS(=O)(=O)c1cc(F)c(-c2cc(C(F)(F)F)nn2-c2cccc(F)c2)cc1F. The topological polar surface area (TPSA) is 52.0 Å². The van der Waals surface area contributed by atoms with Crippen LogP contribution in [0, 0.1) is 17.5 Å². The lowest BCUT2D eigenvalue weighted by atomic mass is 10.1. The lowest BCUT2D eigenvalue weighted by molar-refractivity contribution is -0.141. The lowest BCUT2D eigenvalue weighted by Crippen LogP contribution is -2.08. The number of benzene rings is 2. The molecule has 0 fully saturated rings. The van der Waals surface area contributed by atoms with Crippen molar-refractivity contribution in [2.75, 3.05) is 6.26 Å². The van der Waals surface area contributed by atoms with E-state index in [0.29, 0.717) is 29.1 Å². The zero-order valence-corrected chi connectivity index (χ0v) is 14.7. The summed E-state index contributed by atoms with van der Waals surface area (Å²) in [6.07, 6.45) is -4.25. The second kappa shape index (κ2) is 6.66. The Morgan fingerprint density at radius 3 is 2.21 bits per heavy atom. The molecule has 3 rings (SSSR count). The van der Waals surface area contributed by atoms with Crippen molar-refractivity contribution < 1.29 is 34.8 Å². The number of nitrogens with zero attached hydrogens (tertiary/aromatic N) is 2. The summed E-state index contributed by atoms with van der Waals surface area (Å²) in [7, 11) is -4.11. The van der Waals surface area contributed by atoms with Crippen molar-refractivity contribution >= 4 is 9.84 Å². The molecule has 1 aromatic heterocycles. The van der Waals surface area contributed by atoms with Gasteiger partial charge in [0.15, 0.2) is 15.5 Å². The number of aromatic nitrogens is 2. The van der Waals surface area contributed by atoms with E-state index in [4.69, 9.17) is 0 Å². The first-order valence-corrected chi connectivity index (χ1v) is 9.40. The van der Waals surface area contributed by atoms with Crippen molar-refractivity contribution in [3.63, 3.8) is 0 Å². The normalized spacial score (nSPS) is 12.4. The van der Waals surface area contributed by atoms with Gasteiger partial charge in [0.1, 0.15) is 22.3 Å². The van der Waals surface area contributed by atoms with E-state index in [2.05, 4.69) is 5.10 Å². The van der Waals surface area contributed by atoms with E-state index in [1.165, 1.54) is 12.1 Å². The number of rotatable bonds is 3. The van der Waals surface area contributed by atoms with Crippen LogP contribution in [-0.4, -0.2) is 24.5 Å². The van der Waals surface area contributed by atoms with Gasteiger partial charge in [0.25, 0.3) is 0 Å². The maximum atomic E-state index is 14.5. The summed E-state index contributed by atoms with van der Waals surface area (Å²) in [5.41, 5.74) is -2.79. The van der Waals surface area contributed by atoms with Gasteiger partial charge in [0.2, 0.25) is 0 Å². The van der Waals surface area contributed by atoms with Crippen LogP contribution < -0.4 is 0 Å². The zero-order chi connectivity index (χ0) is 20.9. The fraction of sp³-hybridized carbons (Fsp3) is 0.118. The van der Waals surface area contributed by atoms with Crippen molar-refractivity contribution in [3.8, 4) is 16.9 Å². The van der Waals surface area contributed by atoms with E-state index < -0.39 is 55.3 Å². The first-order valence-electron chi connectivity index (χ1n) is 7.50. The van der Waals surface area contributed by atoms with Crippen LogP contribution in [0.4, 0.5) is 26.3 Å². The molecule has 0 saturated carbocycles. The fourth-order valence-electron chi connectivity index (χ4n) is 2.53. The van der Waals surface area contributed by atoms with Crippen LogP contribution in [0.3, 0.4) is 0 Å². The molecule has 0 radical (unpaired) electrons. The van der Waals surface area contributed by atoms with Gasteiger partial charge in [-0.15, -0.1) is 0 Å². The second-order valence-electron chi connectivity index (χ2n) is 5.84. The Hall–Kier alpha value is -2.82. The van der Waals surface area contributed by atoms with E-state index in [0.717, 1.165) is 12.1 Å². The van der Waals surface area contributed by atoms with Crippen LogP contribution in [0.15, 0.2) is 47.4 Å². The summed E-state index contributed by atoms with van der Waals surface area (Å²) in [6, 6.07) is 5.61. The number of sulfone groups is 1. The van der Waals surface area contributed by atoms with Crippen LogP contribution in [0.5, 0.6) is 0 Å². The van der Waals surface area contributed by atoms with Gasteiger partial charge in [-0.2, -0.15) is 18.3 Å². The molecule has 2 aromatic carbocycles. The minimum absolute atomic E-state index is 0.169. The summed E-state index contributed by atoms with van der Waals surface area (Å²) >= 11 is 0. The summed E-state index contributed by atoms with van der Waals surface area (Å²) < 4.78 is 105. The summed E-state index contributed by atoms with van der Waals surface area (Å²) in [4.78, 5) is -0.943. The highest BCUT2D eigenvalue weighted by atomic mass is 32.2. The van der Waals surface area contributed by atoms with Crippen molar-refractivity contribution in [1.82, 2.24) is 9.78 Å². The van der Waals surface area contributed by atoms with Gasteiger partial charge in [-0.1, -0.05) is 6.07 Å². The minimum atomic E-state index is -4.91. The lowest BCUT2D eigenvalue weighted by Gasteiger charge is -2.10. The Balaban J connectivity index is 2.30. The summed E-state index contributed by atoms with van der Waals surface area (Å²) in [6.45, 7) is 0. The summed E-state index contributed by atoms with van der Waals surface area (Å²) in [5, 5.41) is 3.33. The van der Waals surface area contributed by atoms with Crippen LogP contribution >= 0.6 is 0 Å².